The molecule has 0 saturated carbocycles. The Balaban J connectivity index is 1.86. The monoisotopic (exact) mass is 401 g/mol. The van der Waals surface area contributed by atoms with Crippen LogP contribution in [0.15, 0.2) is 48.7 Å². The van der Waals surface area contributed by atoms with Crippen molar-refractivity contribution < 1.29 is 14.3 Å². The van der Waals surface area contributed by atoms with Gasteiger partial charge in [0, 0.05) is 34.8 Å². The SMILES string of the molecule is CCc1ncc(Cc2ccc3cccc(C(N)=O)c3n2)c2cc(OC)c(OC)cc12. The zero-order valence-electron chi connectivity index (χ0n) is 17.2. The standard InChI is InChI=1S/C24H23N3O3/c1-4-20-19-12-22(30-3)21(29-2)11-18(19)15(13-26-20)10-16-9-8-14-6-5-7-17(24(25)28)23(14)27-16/h5-9,11-13H,4,10H2,1-3H3,(H2,25,28). The zero-order valence-corrected chi connectivity index (χ0v) is 17.2. The lowest BCUT2D eigenvalue weighted by atomic mass is 9.99. The average molecular weight is 401 g/mol. The third-order valence-electron chi connectivity index (χ3n) is 5.31. The maximum Gasteiger partial charge on any atom is 0.250 e. The van der Waals surface area contributed by atoms with Crippen molar-refractivity contribution in [3.63, 3.8) is 0 Å². The number of aryl methyl sites for hydroxylation is 1. The Hall–Kier alpha value is -3.67. The van der Waals surface area contributed by atoms with Crippen LogP contribution in [0.1, 0.15) is 34.2 Å². The van der Waals surface area contributed by atoms with Gasteiger partial charge in [0.25, 0.3) is 5.91 Å². The Morgan fingerprint density at radius 3 is 2.43 bits per heavy atom. The molecule has 2 N–H and O–H groups in total. The van der Waals surface area contributed by atoms with Crippen LogP contribution in [0.3, 0.4) is 0 Å². The molecule has 0 fully saturated rings. The minimum absolute atomic E-state index is 0.421. The molecule has 0 radical (unpaired) electrons. The number of aromatic nitrogens is 2. The molecule has 0 unspecified atom stereocenters. The highest BCUT2D eigenvalue weighted by Gasteiger charge is 2.14. The van der Waals surface area contributed by atoms with E-state index >= 15 is 0 Å². The van der Waals surface area contributed by atoms with E-state index in [0.29, 0.717) is 29.0 Å². The van der Waals surface area contributed by atoms with Crippen LogP contribution in [0.25, 0.3) is 21.7 Å². The van der Waals surface area contributed by atoms with Gasteiger partial charge in [-0.05, 0) is 41.6 Å². The molecule has 152 valence electrons. The average Bonchev–Trinajstić information content (AvgIpc) is 2.77. The topological polar surface area (TPSA) is 87.3 Å². The van der Waals surface area contributed by atoms with Gasteiger partial charge in [0.15, 0.2) is 11.5 Å². The maximum atomic E-state index is 11.8. The predicted octanol–water partition coefficient (Wildman–Crippen LogP) is 4.05. The van der Waals surface area contributed by atoms with E-state index < -0.39 is 5.91 Å². The van der Waals surface area contributed by atoms with E-state index in [1.165, 1.54) is 0 Å². The normalized spacial score (nSPS) is 11.0. The van der Waals surface area contributed by atoms with E-state index in [9.17, 15) is 4.79 Å². The number of hydrogen-bond donors (Lipinski definition) is 1. The number of fused-ring (bicyclic) bond motifs is 2. The van der Waals surface area contributed by atoms with Gasteiger partial charge >= 0.3 is 0 Å². The number of ether oxygens (including phenoxy) is 2. The highest BCUT2D eigenvalue weighted by molar-refractivity contribution is 6.04. The third-order valence-corrected chi connectivity index (χ3v) is 5.31. The molecule has 2 aromatic carbocycles. The quantitative estimate of drug-likeness (QED) is 0.527. The molecule has 30 heavy (non-hydrogen) atoms. The minimum atomic E-state index is -0.485. The van der Waals surface area contributed by atoms with Crippen molar-refractivity contribution in [3.8, 4) is 11.5 Å². The Labute approximate surface area is 174 Å². The fourth-order valence-electron chi connectivity index (χ4n) is 3.78. The number of carbonyl (C=O) groups excluding carboxylic acids is 1. The molecule has 6 heteroatoms. The number of benzene rings is 2. The lowest BCUT2D eigenvalue weighted by Crippen LogP contribution is -2.12. The summed E-state index contributed by atoms with van der Waals surface area (Å²) in [5, 5.41) is 2.96. The first kappa shape index (κ1) is 19.6. The van der Waals surface area contributed by atoms with E-state index in [1.807, 2.05) is 42.6 Å². The summed E-state index contributed by atoms with van der Waals surface area (Å²) in [7, 11) is 3.25. The van der Waals surface area contributed by atoms with Gasteiger partial charge < -0.3 is 15.2 Å². The fourth-order valence-corrected chi connectivity index (χ4v) is 3.78. The molecule has 2 aromatic heterocycles. The Kier molecular flexibility index (Phi) is 5.23. The fraction of sp³-hybridized carbons (Fsp3) is 0.208. The largest absolute Gasteiger partial charge is 0.493 e. The van der Waals surface area contributed by atoms with Crippen molar-refractivity contribution in [1.29, 1.82) is 0 Å². The second-order valence-electron chi connectivity index (χ2n) is 7.06. The molecule has 0 aliphatic heterocycles. The number of para-hydroxylation sites is 1. The summed E-state index contributed by atoms with van der Waals surface area (Å²) in [5.41, 5.74) is 9.42. The molecule has 6 nitrogen and oxygen atoms in total. The van der Waals surface area contributed by atoms with Crippen molar-refractivity contribution in [2.24, 2.45) is 5.73 Å². The van der Waals surface area contributed by atoms with E-state index in [4.69, 9.17) is 20.2 Å². The lowest BCUT2D eigenvalue weighted by Gasteiger charge is -2.14. The molecule has 2 heterocycles. The molecule has 1 amide bonds. The van der Waals surface area contributed by atoms with Crippen molar-refractivity contribution in [2.75, 3.05) is 14.2 Å². The summed E-state index contributed by atoms with van der Waals surface area (Å²) in [4.78, 5) is 21.2. The van der Waals surface area contributed by atoms with E-state index in [-0.39, 0.29) is 0 Å². The smallest absolute Gasteiger partial charge is 0.250 e. The summed E-state index contributed by atoms with van der Waals surface area (Å²) < 4.78 is 11.0. The van der Waals surface area contributed by atoms with Crippen molar-refractivity contribution in [2.45, 2.75) is 19.8 Å². The number of carbonyl (C=O) groups is 1. The molecule has 0 atom stereocenters. The molecule has 0 aliphatic carbocycles. The second-order valence-corrected chi connectivity index (χ2v) is 7.06. The van der Waals surface area contributed by atoms with Gasteiger partial charge in [-0.2, -0.15) is 0 Å². The van der Waals surface area contributed by atoms with Gasteiger partial charge in [0.2, 0.25) is 0 Å². The maximum absolute atomic E-state index is 11.8. The number of pyridine rings is 2. The van der Waals surface area contributed by atoms with Gasteiger partial charge in [-0.25, -0.2) is 0 Å². The summed E-state index contributed by atoms with van der Waals surface area (Å²) in [6.45, 7) is 2.08. The van der Waals surface area contributed by atoms with Crippen LogP contribution in [0.5, 0.6) is 11.5 Å². The van der Waals surface area contributed by atoms with Crippen LogP contribution in [-0.2, 0) is 12.8 Å². The van der Waals surface area contributed by atoms with E-state index in [1.54, 1.807) is 20.3 Å². The molecule has 0 aliphatic rings. The number of rotatable bonds is 6. The van der Waals surface area contributed by atoms with Crippen molar-refractivity contribution in [3.05, 3.63) is 71.2 Å². The summed E-state index contributed by atoms with van der Waals surface area (Å²) in [6, 6.07) is 13.3. The van der Waals surface area contributed by atoms with Crippen LogP contribution >= 0.6 is 0 Å². The van der Waals surface area contributed by atoms with Gasteiger partial charge in [0.1, 0.15) is 0 Å². The molecular formula is C24H23N3O3. The van der Waals surface area contributed by atoms with Crippen LogP contribution in [0.4, 0.5) is 0 Å². The van der Waals surface area contributed by atoms with Crippen LogP contribution in [0.2, 0.25) is 0 Å². The Morgan fingerprint density at radius 2 is 1.77 bits per heavy atom. The molecular weight excluding hydrogens is 378 g/mol. The summed E-state index contributed by atoms with van der Waals surface area (Å²) in [6.07, 6.45) is 3.26. The lowest BCUT2D eigenvalue weighted by molar-refractivity contribution is 0.100. The Bertz CT molecular complexity index is 1270. The third kappa shape index (κ3) is 3.41. The molecule has 0 saturated heterocycles. The predicted molar refractivity (Wildman–Crippen MR) is 117 cm³/mol. The molecule has 4 aromatic rings. The highest BCUT2D eigenvalue weighted by Crippen LogP contribution is 2.35. The first-order valence-electron chi connectivity index (χ1n) is 9.76. The highest BCUT2D eigenvalue weighted by atomic mass is 16.5. The van der Waals surface area contributed by atoms with Crippen LogP contribution < -0.4 is 15.2 Å². The summed E-state index contributed by atoms with van der Waals surface area (Å²) in [5.74, 6) is 0.858. The minimum Gasteiger partial charge on any atom is -0.493 e. The van der Waals surface area contributed by atoms with Crippen LogP contribution in [0, 0.1) is 0 Å². The van der Waals surface area contributed by atoms with E-state index in [0.717, 1.165) is 39.5 Å². The molecule has 0 spiro atoms. The van der Waals surface area contributed by atoms with Gasteiger partial charge in [-0.1, -0.05) is 25.1 Å². The zero-order chi connectivity index (χ0) is 21.3. The van der Waals surface area contributed by atoms with Gasteiger partial charge in [-0.15, -0.1) is 0 Å². The number of nitrogens with zero attached hydrogens (tertiary/aromatic N) is 2. The first-order valence-corrected chi connectivity index (χ1v) is 9.76. The van der Waals surface area contributed by atoms with Gasteiger partial charge in [0.05, 0.1) is 25.3 Å². The van der Waals surface area contributed by atoms with E-state index in [2.05, 4.69) is 11.9 Å². The van der Waals surface area contributed by atoms with Gasteiger partial charge in [-0.3, -0.25) is 14.8 Å². The van der Waals surface area contributed by atoms with Crippen LogP contribution in [-0.4, -0.2) is 30.1 Å². The molecule has 0 bridgehead atoms. The van der Waals surface area contributed by atoms with Crippen molar-refractivity contribution >= 4 is 27.6 Å². The number of amides is 1. The molecule has 4 rings (SSSR count). The number of methoxy groups -OCH3 is 2. The van der Waals surface area contributed by atoms with Crippen molar-refractivity contribution in [1.82, 2.24) is 9.97 Å². The Morgan fingerprint density at radius 1 is 1.03 bits per heavy atom. The first-order chi connectivity index (χ1) is 14.5. The number of hydrogen-bond acceptors (Lipinski definition) is 5. The number of nitrogens with two attached hydrogens (primary N) is 1. The second kappa shape index (κ2) is 7.99. The number of primary amides is 1. The summed E-state index contributed by atoms with van der Waals surface area (Å²) >= 11 is 0.